The lowest BCUT2D eigenvalue weighted by Crippen LogP contribution is -2.45. The van der Waals surface area contributed by atoms with Crippen molar-refractivity contribution in [2.75, 3.05) is 32.9 Å². The molecule has 0 spiro atoms. The van der Waals surface area contributed by atoms with Crippen LogP contribution in [-0.4, -0.2) is 44.1 Å². The molecule has 1 saturated heterocycles. The Bertz CT molecular complexity index is 498. The summed E-state index contributed by atoms with van der Waals surface area (Å²) < 4.78 is 55.4. The molecule has 1 N–H and O–H groups in total. The minimum absolute atomic E-state index is 0. The third-order valence-electron chi connectivity index (χ3n) is 3.53. The molecule has 1 fully saturated rings. The van der Waals surface area contributed by atoms with Gasteiger partial charge in [0.1, 0.15) is 5.75 Å². The van der Waals surface area contributed by atoms with Gasteiger partial charge in [0.2, 0.25) is 0 Å². The van der Waals surface area contributed by atoms with E-state index in [4.69, 9.17) is 0 Å². The number of piperazine rings is 1. The fraction of sp³-hybridized carbons (Fsp3) is 0.571. The SMILES string of the molecule is Cl.FCC[C@@H](c1cc(Br)ccc1OC(F)(F)F)N1CCNCC1. The largest absolute Gasteiger partial charge is 0.573 e. The summed E-state index contributed by atoms with van der Waals surface area (Å²) in [7, 11) is 0. The first kappa shape index (κ1) is 20.5. The van der Waals surface area contributed by atoms with Gasteiger partial charge in [0.25, 0.3) is 0 Å². The zero-order valence-corrected chi connectivity index (χ0v) is 14.6. The van der Waals surface area contributed by atoms with Gasteiger partial charge in [0.15, 0.2) is 0 Å². The van der Waals surface area contributed by atoms with Crippen molar-refractivity contribution in [3.63, 3.8) is 0 Å². The maximum Gasteiger partial charge on any atom is 0.573 e. The van der Waals surface area contributed by atoms with Crippen molar-refractivity contribution in [1.82, 2.24) is 10.2 Å². The Hall–Kier alpha value is -0.570. The number of hydrogen-bond acceptors (Lipinski definition) is 3. The molecule has 0 aliphatic carbocycles. The van der Waals surface area contributed by atoms with Crippen LogP contribution in [0.25, 0.3) is 0 Å². The quantitative estimate of drug-likeness (QED) is 0.725. The normalized spacial score (nSPS) is 17.4. The number of halogens is 6. The van der Waals surface area contributed by atoms with Crippen molar-refractivity contribution in [3.8, 4) is 5.75 Å². The van der Waals surface area contributed by atoms with Crippen molar-refractivity contribution < 1.29 is 22.3 Å². The molecular weight excluding hydrogens is 404 g/mol. The molecular formula is C14H18BrClF4N2O. The Kier molecular flexibility index (Phi) is 8.06. The monoisotopic (exact) mass is 420 g/mol. The molecule has 0 bridgehead atoms. The van der Waals surface area contributed by atoms with E-state index in [1.54, 1.807) is 6.07 Å². The summed E-state index contributed by atoms with van der Waals surface area (Å²) in [5.41, 5.74) is 0.353. The smallest absolute Gasteiger partial charge is 0.405 e. The number of nitrogens with one attached hydrogen (secondary N) is 1. The molecule has 0 saturated carbocycles. The highest BCUT2D eigenvalue weighted by atomic mass is 79.9. The van der Waals surface area contributed by atoms with Crippen LogP contribution >= 0.6 is 28.3 Å². The van der Waals surface area contributed by atoms with Crippen LogP contribution in [0.15, 0.2) is 22.7 Å². The molecule has 1 aliphatic rings. The predicted octanol–water partition coefficient (Wildman–Crippen LogP) is 4.08. The highest BCUT2D eigenvalue weighted by Crippen LogP contribution is 2.37. The zero-order chi connectivity index (χ0) is 16.2. The summed E-state index contributed by atoms with van der Waals surface area (Å²) >= 11 is 3.26. The van der Waals surface area contributed by atoms with Gasteiger partial charge in [-0.25, -0.2) is 0 Å². The summed E-state index contributed by atoms with van der Waals surface area (Å²) in [6, 6.07) is 3.88. The van der Waals surface area contributed by atoms with Gasteiger partial charge in [-0.05, 0) is 24.6 Å². The minimum Gasteiger partial charge on any atom is -0.405 e. The fourth-order valence-electron chi connectivity index (χ4n) is 2.63. The standard InChI is InChI=1S/C14H17BrF4N2O.ClH/c15-10-1-2-13(22-14(17,18)19)11(9-10)12(3-4-16)21-7-5-20-6-8-21;/h1-2,9,12,20H,3-8H2;1H/t12-;/m0./s1. The van der Waals surface area contributed by atoms with Crippen LogP contribution in [0.1, 0.15) is 18.0 Å². The lowest BCUT2D eigenvalue weighted by atomic mass is 10.0. The molecule has 23 heavy (non-hydrogen) atoms. The Morgan fingerprint density at radius 1 is 1.26 bits per heavy atom. The molecule has 0 amide bonds. The van der Waals surface area contributed by atoms with Crippen molar-refractivity contribution in [2.45, 2.75) is 18.8 Å². The Morgan fingerprint density at radius 2 is 1.91 bits per heavy atom. The number of rotatable bonds is 5. The maximum absolute atomic E-state index is 12.9. The number of benzene rings is 1. The molecule has 9 heteroatoms. The zero-order valence-electron chi connectivity index (χ0n) is 12.2. The molecule has 0 unspecified atom stereocenters. The fourth-order valence-corrected chi connectivity index (χ4v) is 3.01. The van der Waals surface area contributed by atoms with E-state index in [2.05, 4.69) is 26.0 Å². The highest BCUT2D eigenvalue weighted by molar-refractivity contribution is 9.10. The lowest BCUT2D eigenvalue weighted by molar-refractivity contribution is -0.275. The first-order valence-corrected chi connectivity index (χ1v) is 7.76. The summed E-state index contributed by atoms with van der Waals surface area (Å²) in [6.45, 7) is 2.16. The van der Waals surface area contributed by atoms with Crippen molar-refractivity contribution in [2.24, 2.45) is 0 Å². The van der Waals surface area contributed by atoms with E-state index >= 15 is 0 Å². The highest BCUT2D eigenvalue weighted by Gasteiger charge is 2.34. The first-order chi connectivity index (χ1) is 10.4. The molecule has 0 aromatic heterocycles. The van der Waals surface area contributed by atoms with E-state index < -0.39 is 19.1 Å². The summed E-state index contributed by atoms with van der Waals surface area (Å²) in [4.78, 5) is 1.99. The molecule has 1 atom stereocenters. The first-order valence-electron chi connectivity index (χ1n) is 6.96. The molecule has 0 radical (unpaired) electrons. The van der Waals surface area contributed by atoms with Gasteiger partial charge in [0, 0.05) is 42.3 Å². The van der Waals surface area contributed by atoms with E-state index in [1.165, 1.54) is 12.1 Å². The Morgan fingerprint density at radius 3 is 2.48 bits per heavy atom. The summed E-state index contributed by atoms with van der Waals surface area (Å²) in [5, 5.41) is 3.17. The van der Waals surface area contributed by atoms with Gasteiger partial charge in [-0.2, -0.15) is 0 Å². The number of hydrogen-bond donors (Lipinski definition) is 1. The third kappa shape index (κ3) is 6.10. The second-order valence-corrected chi connectivity index (χ2v) is 5.93. The number of alkyl halides is 4. The Labute approximate surface area is 146 Å². The van der Waals surface area contributed by atoms with Crippen LogP contribution in [0.3, 0.4) is 0 Å². The van der Waals surface area contributed by atoms with Crippen LogP contribution in [0.5, 0.6) is 5.75 Å². The van der Waals surface area contributed by atoms with E-state index in [9.17, 15) is 17.6 Å². The lowest BCUT2D eigenvalue weighted by Gasteiger charge is -2.35. The van der Waals surface area contributed by atoms with Crippen LogP contribution in [0.4, 0.5) is 17.6 Å². The van der Waals surface area contributed by atoms with Crippen LogP contribution < -0.4 is 10.1 Å². The van der Waals surface area contributed by atoms with Gasteiger partial charge in [-0.1, -0.05) is 15.9 Å². The summed E-state index contributed by atoms with van der Waals surface area (Å²) in [5.74, 6) is -0.271. The van der Waals surface area contributed by atoms with E-state index in [-0.39, 0.29) is 24.6 Å². The minimum atomic E-state index is -4.77. The number of ether oxygens (including phenoxy) is 1. The van der Waals surface area contributed by atoms with Crippen LogP contribution in [-0.2, 0) is 0 Å². The predicted molar refractivity (Wildman–Crippen MR) is 85.8 cm³/mol. The van der Waals surface area contributed by atoms with Crippen molar-refractivity contribution >= 4 is 28.3 Å². The van der Waals surface area contributed by atoms with Gasteiger partial charge < -0.3 is 10.1 Å². The van der Waals surface area contributed by atoms with Crippen LogP contribution in [0, 0.1) is 0 Å². The average molecular weight is 422 g/mol. The van der Waals surface area contributed by atoms with Crippen molar-refractivity contribution in [1.29, 1.82) is 0 Å². The van der Waals surface area contributed by atoms with Crippen molar-refractivity contribution in [3.05, 3.63) is 28.2 Å². The molecule has 132 valence electrons. The van der Waals surface area contributed by atoms with Crippen LogP contribution in [0.2, 0.25) is 0 Å². The van der Waals surface area contributed by atoms with E-state index in [0.29, 0.717) is 23.1 Å². The average Bonchev–Trinajstić information content (AvgIpc) is 2.46. The molecule has 3 nitrogen and oxygen atoms in total. The van der Waals surface area contributed by atoms with Gasteiger partial charge in [-0.3, -0.25) is 9.29 Å². The van der Waals surface area contributed by atoms with Gasteiger partial charge in [0.05, 0.1) is 6.67 Å². The molecule has 1 heterocycles. The molecule has 2 rings (SSSR count). The van der Waals surface area contributed by atoms with E-state index in [1.807, 2.05) is 4.90 Å². The molecule has 1 aromatic rings. The van der Waals surface area contributed by atoms with Gasteiger partial charge >= 0.3 is 6.36 Å². The second-order valence-electron chi connectivity index (χ2n) is 5.01. The van der Waals surface area contributed by atoms with E-state index in [0.717, 1.165) is 13.1 Å². The Balaban J connectivity index is 0.00000264. The molecule has 1 aliphatic heterocycles. The summed E-state index contributed by atoms with van der Waals surface area (Å²) in [6.07, 6.45) is -4.64. The number of nitrogens with zero attached hydrogens (tertiary/aromatic N) is 1. The topological polar surface area (TPSA) is 24.5 Å². The third-order valence-corrected chi connectivity index (χ3v) is 4.02. The maximum atomic E-state index is 12.9. The second kappa shape index (κ2) is 9.05. The van der Waals surface area contributed by atoms with Gasteiger partial charge in [-0.15, -0.1) is 25.6 Å². The molecule has 1 aromatic carbocycles.